The summed E-state index contributed by atoms with van der Waals surface area (Å²) < 4.78 is 0. The molecule has 0 aromatic heterocycles. The second-order valence-corrected chi connectivity index (χ2v) is 6.07. The molecular weight excluding hydrogens is 242 g/mol. The van der Waals surface area contributed by atoms with E-state index in [1.807, 2.05) is 0 Å². The Balaban J connectivity index is 1.58. The number of piperidine rings is 1. The lowest BCUT2D eigenvalue weighted by Gasteiger charge is -2.31. The van der Waals surface area contributed by atoms with Crippen LogP contribution in [0.5, 0.6) is 0 Å². The van der Waals surface area contributed by atoms with Gasteiger partial charge in [0, 0.05) is 18.5 Å². The summed E-state index contributed by atoms with van der Waals surface area (Å²) in [5.74, 6) is 0.373. The van der Waals surface area contributed by atoms with E-state index in [4.69, 9.17) is 0 Å². The van der Waals surface area contributed by atoms with Crippen LogP contribution in [0.25, 0.3) is 0 Å². The molecule has 2 amide bonds. The van der Waals surface area contributed by atoms with E-state index in [1.54, 1.807) is 0 Å². The third kappa shape index (κ3) is 2.82. The Morgan fingerprint density at radius 2 is 1.95 bits per heavy atom. The number of carbonyl (C=O) groups is 2. The van der Waals surface area contributed by atoms with Gasteiger partial charge >= 0.3 is 0 Å². The van der Waals surface area contributed by atoms with Gasteiger partial charge in [0.25, 0.3) is 0 Å². The van der Waals surface area contributed by atoms with Gasteiger partial charge in [-0.25, -0.2) is 0 Å². The quantitative estimate of drug-likeness (QED) is 0.642. The third-order valence-electron chi connectivity index (χ3n) is 4.84. The predicted molar refractivity (Wildman–Crippen MR) is 71.5 cm³/mol. The van der Waals surface area contributed by atoms with Gasteiger partial charge in [0.1, 0.15) is 0 Å². The molecular formula is C14H23N3O2. The molecule has 0 aromatic rings. The molecule has 19 heavy (non-hydrogen) atoms. The van der Waals surface area contributed by atoms with Gasteiger partial charge in [-0.2, -0.15) is 0 Å². The number of amides is 2. The molecule has 106 valence electrons. The fourth-order valence-corrected chi connectivity index (χ4v) is 3.87. The number of hydrogen-bond acceptors (Lipinski definition) is 4. The number of nitrogens with one attached hydrogen (secondary N) is 3. The number of rotatable bonds is 3. The molecule has 0 radical (unpaired) electrons. The minimum absolute atomic E-state index is 0.136. The molecule has 1 aliphatic carbocycles. The summed E-state index contributed by atoms with van der Waals surface area (Å²) in [6.07, 6.45) is 7.29. The Morgan fingerprint density at radius 3 is 2.68 bits per heavy atom. The van der Waals surface area contributed by atoms with E-state index in [0.717, 1.165) is 13.0 Å². The molecule has 4 unspecified atom stereocenters. The first-order valence-corrected chi connectivity index (χ1v) is 7.57. The highest BCUT2D eigenvalue weighted by Gasteiger charge is 2.37. The molecule has 1 saturated carbocycles. The molecule has 2 heterocycles. The Bertz CT molecular complexity index is 366. The highest BCUT2D eigenvalue weighted by Crippen LogP contribution is 2.32. The Hall–Kier alpha value is -0.940. The average Bonchev–Trinajstić information content (AvgIpc) is 3.03. The first-order chi connectivity index (χ1) is 9.24. The second-order valence-electron chi connectivity index (χ2n) is 6.07. The molecule has 2 saturated heterocycles. The van der Waals surface area contributed by atoms with E-state index in [9.17, 15) is 9.59 Å². The van der Waals surface area contributed by atoms with Crippen LogP contribution in [0.1, 0.15) is 44.9 Å². The van der Waals surface area contributed by atoms with Crippen LogP contribution in [-0.2, 0) is 9.59 Å². The van der Waals surface area contributed by atoms with Crippen molar-refractivity contribution in [2.75, 3.05) is 6.54 Å². The Morgan fingerprint density at radius 1 is 1.05 bits per heavy atom. The molecule has 3 N–H and O–H groups in total. The Labute approximate surface area is 113 Å². The third-order valence-corrected chi connectivity index (χ3v) is 4.84. The molecule has 2 aliphatic heterocycles. The molecule has 0 spiro atoms. The molecule has 3 fully saturated rings. The summed E-state index contributed by atoms with van der Waals surface area (Å²) >= 11 is 0. The fraction of sp³-hybridized carbons (Fsp3) is 0.857. The van der Waals surface area contributed by atoms with Crippen molar-refractivity contribution >= 4 is 11.8 Å². The molecule has 0 aromatic carbocycles. The highest BCUT2D eigenvalue weighted by molar-refractivity contribution is 6.00. The summed E-state index contributed by atoms with van der Waals surface area (Å²) in [7, 11) is 0. The van der Waals surface area contributed by atoms with Crippen molar-refractivity contribution < 1.29 is 9.59 Å². The van der Waals surface area contributed by atoms with Gasteiger partial charge in [-0.3, -0.25) is 14.9 Å². The fourth-order valence-electron chi connectivity index (χ4n) is 3.87. The van der Waals surface area contributed by atoms with Gasteiger partial charge < -0.3 is 10.6 Å². The lowest BCUT2D eigenvalue weighted by molar-refractivity contribution is -0.134. The predicted octanol–water partition coefficient (Wildman–Crippen LogP) is 0.302. The van der Waals surface area contributed by atoms with E-state index in [0.29, 0.717) is 30.8 Å². The largest absolute Gasteiger partial charge is 0.314 e. The second kappa shape index (κ2) is 5.59. The van der Waals surface area contributed by atoms with Crippen molar-refractivity contribution in [2.24, 2.45) is 5.92 Å². The van der Waals surface area contributed by atoms with E-state index < -0.39 is 0 Å². The number of carbonyl (C=O) groups excluding carboxylic acids is 2. The van der Waals surface area contributed by atoms with Gasteiger partial charge in [-0.05, 0) is 44.6 Å². The lowest BCUT2D eigenvalue weighted by Crippen LogP contribution is -2.55. The van der Waals surface area contributed by atoms with E-state index in [1.165, 1.54) is 25.7 Å². The van der Waals surface area contributed by atoms with Crippen LogP contribution in [0.15, 0.2) is 0 Å². The molecule has 5 nitrogen and oxygen atoms in total. The van der Waals surface area contributed by atoms with Gasteiger partial charge in [0.15, 0.2) is 0 Å². The van der Waals surface area contributed by atoms with Crippen LogP contribution >= 0.6 is 0 Å². The molecule has 3 aliphatic rings. The van der Waals surface area contributed by atoms with Gasteiger partial charge in [-0.1, -0.05) is 6.42 Å². The lowest BCUT2D eigenvalue weighted by atomic mass is 9.92. The number of hydrogen-bond donors (Lipinski definition) is 3. The van der Waals surface area contributed by atoms with E-state index in [-0.39, 0.29) is 17.9 Å². The van der Waals surface area contributed by atoms with E-state index in [2.05, 4.69) is 16.0 Å². The van der Waals surface area contributed by atoms with Crippen LogP contribution in [-0.4, -0.2) is 36.5 Å². The van der Waals surface area contributed by atoms with Crippen molar-refractivity contribution in [1.29, 1.82) is 0 Å². The summed E-state index contributed by atoms with van der Waals surface area (Å²) in [5.41, 5.74) is 0. The van der Waals surface area contributed by atoms with Crippen molar-refractivity contribution in [2.45, 2.75) is 63.1 Å². The van der Waals surface area contributed by atoms with Gasteiger partial charge in [-0.15, -0.1) is 0 Å². The zero-order valence-electron chi connectivity index (χ0n) is 11.3. The maximum Gasteiger partial charge on any atom is 0.243 e. The zero-order chi connectivity index (χ0) is 13.2. The maximum absolute atomic E-state index is 11.8. The van der Waals surface area contributed by atoms with Crippen LogP contribution in [0.3, 0.4) is 0 Å². The minimum atomic E-state index is -0.176. The van der Waals surface area contributed by atoms with Crippen LogP contribution in [0.2, 0.25) is 0 Å². The van der Waals surface area contributed by atoms with Gasteiger partial charge in [0.05, 0.1) is 6.04 Å². The molecule has 3 rings (SSSR count). The Kier molecular flexibility index (Phi) is 3.84. The van der Waals surface area contributed by atoms with Crippen molar-refractivity contribution in [1.82, 2.24) is 16.0 Å². The van der Waals surface area contributed by atoms with E-state index >= 15 is 0 Å². The van der Waals surface area contributed by atoms with Crippen molar-refractivity contribution in [3.05, 3.63) is 0 Å². The smallest absolute Gasteiger partial charge is 0.243 e. The van der Waals surface area contributed by atoms with Crippen molar-refractivity contribution in [3.63, 3.8) is 0 Å². The summed E-state index contributed by atoms with van der Waals surface area (Å²) in [6.45, 7) is 1.13. The average molecular weight is 265 g/mol. The minimum Gasteiger partial charge on any atom is -0.314 e. The first kappa shape index (κ1) is 13.1. The molecule has 4 atom stereocenters. The van der Waals surface area contributed by atoms with Crippen LogP contribution < -0.4 is 16.0 Å². The summed E-state index contributed by atoms with van der Waals surface area (Å²) in [6, 6.07) is 0.873. The highest BCUT2D eigenvalue weighted by atomic mass is 16.2. The van der Waals surface area contributed by atoms with Gasteiger partial charge in [0.2, 0.25) is 11.8 Å². The summed E-state index contributed by atoms with van der Waals surface area (Å²) in [5, 5.41) is 9.53. The SMILES string of the molecule is O=C1CCC(NC2CCCC2C2CCCN2)C(=O)N1. The van der Waals surface area contributed by atoms with Crippen LogP contribution in [0.4, 0.5) is 0 Å². The number of imide groups is 1. The molecule has 0 bridgehead atoms. The zero-order valence-corrected chi connectivity index (χ0v) is 11.3. The molecule has 5 heteroatoms. The van der Waals surface area contributed by atoms with Crippen molar-refractivity contribution in [3.8, 4) is 0 Å². The topological polar surface area (TPSA) is 70.2 Å². The summed E-state index contributed by atoms with van der Waals surface area (Å²) in [4.78, 5) is 23.0. The maximum atomic E-state index is 11.8. The standard InChI is InChI=1S/C14H23N3O2/c18-13-7-6-12(14(19)17-13)16-11-4-1-3-9(11)10-5-2-8-15-10/h9-12,15-16H,1-8H2,(H,17,18,19). The monoisotopic (exact) mass is 265 g/mol. The van der Waals surface area contributed by atoms with Crippen LogP contribution in [0, 0.1) is 5.92 Å². The first-order valence-electron chi connectivity index (χ1n) is 7.57. The normalized spacial score (nSPS) is 39.6.